The highest BCUT2D eigenvalue weighted by Gasteiger charge is 2.30. The third-order valence-corrected chi connectivity index (χ3v) is 5.90. The van der Waals surface area contributed by atoms with Gasteiger partial charge < -0.3 is 9.73 Å². The average Bonchev–Trinajstić information content (AvgIpc) is 2.93. The summed E-state index contributed by atoms with van der Waals surface area (Å²) >= 11 is 1.82. The summed E-state index contributed by atoms with van der Waals surface area (Å²) < 4.78 is 5.76. The molecule has 0 saturated carbocycles. The van der Waals surface area contributed by atoms with E-state index in [1.165, 1.54) is 4.90 Å². The van der Waals surface area contributed by atoms with Gasteiger partial charge >= 0.3 is 0 Å². The summed E-state index contributed by atoms with van der Waals surface area (Å²) in [4.78, 5) is 26.1. The molecule has 0 saturated heterocycles. The molecule has 1 aromatic carbocycles. The zero-order valence-corrected chi connectivity index (χ0v) is 14.4. The molecule has 0 spiro atoms. The monoisotopic (exact) mass is 341 g/mol. The number of benzene rings is 1. The molecule has 1 atom stereocenters. The van der Waals surface area contributed by atoms with Crippen LogP contribution < -0.4 is 5.32 Å². The molecule has 1 aromatic heterocycles. The van der Waals surface area contributed by atoms with E-state index in [-0.39, 0.29) is 17.7 Å². The Hall–Kier alpha value is -2.01. The summed E-state index contributed by atoms with van der Waals surface area (Å²) in [5.74, 6) is 1.82. The second-order valence-corrected chi connectivity index (χ2v) is 7.47. The Morgan fingerprint density at radius 3 is 2.96 bits per heavy atom. The number of nitrogens with one attached hydrogen (secondary N) is 1. The van der Waals surface area contributed by atoms with Gasteiger partial charge in [-0.15, -0.1) is 11.8 Å². The Bertz CT molecular complexity index is 824. The third-order valence-electron chi connectivity index (χ3n) is 4.78. The fourth-order valence-corrected chi connectivity index (χ4v) is 4.71. The number of furan rings is 1. The molecule has 1 N–H and O–H groups in total. The maximum absolute atomic E-state index is 12.7. The predicted octanol–water partition coefficient (Wildman–Crippen LogP) is 4.07. The first kappa shape index (κ1) is 15.5. The number of carbonyl (C=O) groups is 2. The molecule has 4 nitrogen and oxygen atoms in total. The van der Waals surface area contributed by atoms with Gasteiger partial charge in [-0.25, -0.2) is 0 Å². The van der Waals surface area contributed by atoms with Crippen molar-refractivity contribution in [3.05, 3.63) is 52.5 Å². The fourth-order valence-electron chi connectivity index (χ4n) is 3.58. The highest BCUT2D eigenvalue weighted by molar-refractivity contribution is 7.99. The third kappa shape index (κ3) is 2.57. The van der Waals surface area contributed by atoms with Crippen LogP contribution in [0.1, 0.15) is 63.1 Å². The van der Waals surface area contributed by atoms with Crippen LogP contribution in [0.4, 0.5) is 0 Å². The second-order valence-electron chi connectivity index (χ2n) is 6.33. The van der Waals surface area contributed by atoms with Crippen molar-refractivity contribution in [2.24, 2.45) is 0 Å². The molecule has 5 heteroatoms. The first-order valence-electron chi connectivity index (χ1n) is 8.33. The van der Waals surface area contributed by atoms with Crippen LogP contribution in [-0.4, -0.2) is 17.4 Å². The minimum atomic E-state index is -0.221. The zero-order valence-electron chi connectivity index (χ0n) is 13.6. The standard InChI is InChI=1S/C19H19NO3S/c1-11-17-14(21)6-4-7-15(17)23-18(11)19(22)20-13-9-10-24-16-8-3-2-5-12(13)16/h2-3,5,8,13H,4,6-7,9-10H2,1H3,(H,20,22). The van der Waals surface area contributed by atoms with E-state index in [1.807, 2.05) is 30.8 Å². The number of rotatable bonds is 2. The fraction of sp³-hybridized carbons (Fsp3) is 0.368. The van der Waals surface area contributed by atoms with Gasteiger partial charge in [-0.2, -0.15) is 0 Å². The molecule has 124 valence electrons. The van der Waals surface area contributed by atoms with Crippen molar-refractivity contribution in [1.82, 2.24) is 5.32 Å². The van der Waals surface area contributed by atoms with Crippen molar-refractivity contribution in [1.29, 1.82) is 0 Å². The molecule has 2 aromatic rings. The molecule has 2 heterocycles. The Kier molecular flexibility index (Phi) is 3.96. The highest BCUT2D eigenvalue weighted by Crippen LogP contribution is 2.36. The lowest BCUT2D eigenvalue weighted by Crippen LogP contribution is -2.30. The molecule has 0 radical (unpaired) electrons. The number of hydrogen-bond acceptors (Lipinski definition) is 4. The highest BCUT2D eigenvalue weighted by atomic mass is 32.2. The van der Waals surface area contributed by atoms with Gasteiger partial charge in [0.05, 0.1) is 11.6 Å². The van der Waals surface area contributed by atoms with Crippen LogP contribution in [0.2, 0.25) is 0 Å². The lowest BCUT2D eigenvalue weighted by Gasteiger charge is -2.25. The van der Waals surface area contributed by atoms with E-state index >= 15 is 0 Å². The van der Waals surface area contributed by atoms with Crippen molar-refractivity contribution < 1.29 is 14.0 Å². The Labute approximate surface area is 145 Å². The van der Waals surface area contributed by atoms with Crippen LogP contribution in [0.15, 0.2) is 33.6 Å². The Morgan fingerprint density at radius 1 is 1.29 bits per heavy atom. The normalized spacial score (nSPS) is 19.5. The first-order valence-corrected chi connectivity index (χ1v) is 9.31. The Morgan fingerprint density at radius 2 is 2.12 bits per heavy atom. The topological polar surface area (TPSA) is 59.3 Å². The number of carbonyl (C=O) groups excluding carboxylic acids is 2. The summed E-state index contributed by atoms with van der Waals surface area (Å²) in [5.41, 5.74) is 2.48. The second kappa shape index (κ2) is 6.13. The summed E-state index contributed by atoms with van der Waals surface area (Å²) in [5, 5.41) is 3.10. The van der Waals surface area contributed by atoms with E-state index in [1.54, 1.807) is 0 Å². The maximum Gasteiger partial charge on any atom is 0.287 e. The van der Waals surface area contributed by atoms with Gasteiger partial charge in [-0.05, 0) is 31.4 Å². The van der Waals surface area contributed by atoms with Gasteiger partial charge in [0.2, 0.25) is 0 Å². The molecule has 1 amide bonds. The average molecular weight is 341 g/mol. The predicted molar refractivity (Wildman–Crippen MR) is 92.7 cm³/mol. The summed E-state index contributed by atoms with van der Waals surface area (Å²) in [6.45, 7) is 1.81. The molecule has 2 aliphatic rings. The lowest BCUT2D eigenvalue weighted by molar-refractivity contribution is 0.0901. The summed E-state index contributed by atoms with van der Waals surface area (Å²) in [6.07, 6.45) is 2.97. The first-order chi connectivity index (χ1) is 11.6. The number of hydrogen-bond donors (Lipinski definition) is 1. The van der Waals surface area contributed by atoms with Gasteiger partial charge in [0.1, 0.15) is 5.76 Å². The molecule has 4 rings (SSSR count). The Balaban J connectivity index is 1.61. The summed E-state index contributed by atoms with van der Waals surface area (Å²) in [7, 11) is 0. The molecule has 24 heavy (non-hydrogen) atoms. The van der Waals surface area contributed by atoms with E-state index in [9.17, 15) is 9.59 Å². The molecule has 1 aliphatic heterocycles. The minimum absolute atomic E-state index is 0.00724. The SMILES string of the molecule is Cc1c(C(=O)NC2CCSc3ccccc32)oc2c1C(=O)CCC2. The van der Waals surface area contributed by atoms with Crippen molar-refractivity contribution in [3.63, 3.8) is 0 Å². The molecule has 1 unspecified atom stereocenters. The van der Waals surface area contributed by atoms with Crippen molar-refractivity contribution in [3.8, 4) is 0 Å². The number of aryl methyl sites for hydroxylation is 1. The molecular formula is C19H19NO3S. The number of Topliss-reactive ketones (excluding diaryl/α,β-unsaturated/α-hetero) is 1. The van der Waals surface area contributed by atoms with Crippen molar-refractivity contribution in [2.45, 2.75) is 43.5 Å². The summed E-state index contributed by atoms with van der Waals surface area (Å²) in [6, 6.07) is 8.17. The van der Waals surface area contributed by atoms with E-state index in [0.717, 1.165) is 30.6 Å². The molecule has 0 bridgehead atoms. The zero-order chi connectivity index (χ0) is 16.7. The number of thioether (sulfide) groups is 1. The van der Waals surface area contributed by atoms with Crippen LogP contribution >= 0.6 is 11.8 Å². The number of ketones is 1. The lowest BCUT2D eigenvalue weighted by atomic mass is 9.94. The van der Waals surface area contributed by atoms with Gasteiger partial charge in [0, 0.05) is 29.1 Å². The van der Waals surface area contributed by atoms with Gasteiger partial charge in [0.15, 0.2) is 11.5 Å². The van der Waals surface area contributed by atoms with Crippen LogP contribution in [0.5, 0.6) is 0 Å². The van der Waals surface area contributed by atoms with Crippen molar-refractivity contribution >= 4 is 23.5 Å². The maximum atomic E-state index is 12.7. The van der Waals surface area contributed by atoms with Crippen LogP contribution in [0.25, 0.3) is 0 Å². The van der Waals surface area contributed by atoms with E-state index < -0.39 is 0 Å². The largest absolute Gasteiger partial charge is 0.455 e. The minimum Gasteiger partial charge on any atom is -0.455 e. The van der Waals surface area contributed by atoms with Crippen LogP contribution in [0.3, 0.4) is 0 Å². The van der Waals surface area contributed by atoms with E-state index in [2.05, 4.69) is 17.4 Å². The molecule has 0 fully saturated rings. The molecule has 1 aliphatic carbocycles. The van der Waals surface area contributed by atoms with Gasteiger partial charge in [-0.3, -0.25) is 9.59 Å². The molecular weight excluding hydrogens is 322 g/mol. The van der Waals surface area contributed by atoms with Crippen LogP contribution in [-0.2, 0) is 6.42 Å². The van der Waals surface area contributed by atoms with Gasteiger partial charge in [-0.1, -0.05) is 18.2 Å². The quantitative estimate of drug-likeness (QED) is 0.894. The van der Waals surface area contributed by atoms with Gasteiger partial charge in [0.25, 0.3) is 5.91 Å². The van der Waals surface area contributed by atoms with E-state index in [4.69, 9.17) is 4.42 Å². The smallest absolute Gasteiger partial charge is 0.287 e. The number of fused-ring (bicyclic) bond motifs is 2. The van der Waals surface area contributed by atoms with E-state index in [0.29, 0.717) is 29.1 Å². The number of amides is 1. The van der Waals surface area contributed by atoms with Crippen molar-refractivity contribution in [2.75, 3.05) is 5.75 Å². The van der Waals surface area contributed by atoms with Crippen LogP contribution in [0, 0.1) is 6.92 Å².